The van der Waals surface area contributed by atoms with Gasteiger partial charge in [-0.1, -0.05) is 65.1 Å². The van der Waals surface area contributed by atoms with Crippen molar-refractivity contribution in [2.75, 3.05) is 11.1 Å². The van der Waals surface area contributed by atoms with E-state index in [0.29, 0.717) is 10.3 Å². The van der Waals surface area contributed by atoms with Crippen LogP contribution >= 0.6 is 34.4 Å². The van der Waals surface area contributed by atoms with Crippen LogP contribution in [0.1, 0.15) is 10.4 Å². The Kier molecular flexibility index (Phi) is 6.01. The van der Waals surface area contributed by atoms with E-state index in [9.17, 15) is 4.79 Å². The van der Waals surface area contributed by atoms with Crippen molar-refractivity contribution >= 4 is 55.7 Å². The Morgan fingerprint density at radius 2 is 1.88 bits per heavy atom. The zero-order valence-electron chi connectivity index (χ0n) is 18.3. The number of anilines is 1. The molecule has 3 aromatic heterocycles. The fraction of sp³-hybridized carbons (Fsp3) is 0.167. The maximum atomic E-state index is 12.5. The summed E-state index contributed by atoms with van der Waals surface area (Å²) in [4.78, 5) is 18.2. The topological polar surface area (TPSA) is 72.7 Å². The molecule has 0 bridgehead atoms. The van der Waals surface area contributed by atoms with Gasteiger partial charge in [0.1, 0.15) is 0 Å². The van der Waals surface area contributed by atoms with Gasteiger partial charge in [0.25, 0.3) is 0 Å². The minimum Gasteiger partial charge on any atom is -0.305 e. The van der Waals surface area contributed by atoms with Gasteiger partial charge in [-0.2, -0.15) is 0 Å². The van der Waals surface area contributed by atoms with Gasteiger partial charge >= 0.3 is 0 Å². The van der Waals surface area contributed by atoms with Crippen LogP contribution < -0.4 is 5.32 Å². The Labute approximate surface area is 203 Å². The molecule has 9 heteroatoms. The summed E-state index contributed by atoms with van der Waals surface area (Å²) in [7, 11) is 1.94. The first-order valence-electron chi connectivity index (χ1n) is 10.3. The molecule has 0 radical (unpaired) electrons. The lowest BCUT2D eigenvalue weighted by Gasteiger charge is -2.07. The summed E-state index contributed by atoms with van der Waals surface area (Å²) in [6.07, 6.45) is 0. The molecule has 0 aliphatic carbocycles. The summed E-state index contributed by atoms with van der Waals surface area (Å²) in [6.45, 7) is 4.21. The fourth-order valence-corrected chi connectivity index (χ4v) is 6.04. The minimum atomic E-state index is -0.115. The number of nitrogens with one attached hydrogen (secondary N) is 1. The predicted molar refractivity (Wildman–Crippen MR) is 138 cm³/mol. The lowest BCUT2D eigenvalue weighted by molar-refractivity contribution is -0.113. The molecule has 0 saturated heterocycles. The number of para-hydroxylation sites is 1. The van der Waals surface area contributed by atoms with Crippen molar-refractivity contribution in [3.8, 4) is 22.5 Å². The molecule has 6 nitrogen and oxygen atoms in total. The number of carbonyl (C=O) groups is 1. The molecule has 3 heterocycles. The second kappa shape index (κ2) is 9.09. The Morgan fingerprint density at radius 3 is 2.67 bits per heavy atom. The molecule has 0 atom stereocenters. The smallest absolute Gasteiger partial charge is 0.236 e. The molecule has 0 saturated carbocycles. The number of benzene rings is 2. The van der Waals surface area contributed by atoms with Crippen molar-refractivity contribution in [3.63, 3.8) is 0 Å². The first-order valence-corrected chi connectivity index (χ1v) is 13.0. The number of hydrogen-bond acceptors (Lipinski definition) is 7. The van der Waals surface area contributed by atoms with E-state index in [1.807, 2.05) is 35.9 Å². The molecule has 1 amide bonds. The lowest BCUT2D eigenvalue weighted by atomic mass is 10.0. The third-order valence-corrected chi connectivity index (χ3v) is 8.15. The van der Waals surface area contributed by atoms with Gasteiger partial charge in [0.15, 0.2) is 16.1 Å². The number of thiazole rings is 1. The molecule has 0 aliphatic rings. The first kappa shape index (κ1) is 21.8. The van der Waals surface area contributed by atoms with Crippen molar-refractivity contribution in [3.05, 3.63) is 64.4 Å². The van der Waals surface area contributed by atoms with Crippen molar-refractivity contribution in [2.24, 2.45) is 7.05 Å². The SMILES string of the molecule is Cc1ccc(-c2c(-c3nnc(SCC(=O)Nc4nc5ccccc5s4)n3C)csc2C)cc1. The maximum absolute atomic E-state index is 12.5. The molecule has 0 unspecified atom stereocenters. The Balaban J connectivity index is 1.32. The lowest BCUT2D eigenvalue weighted by Crippen LogP contribution is -2.14. The number of thioether (sulfide) groups is 1. The van der Waals surface area contributed by atoms with Gasteiger partial charge in [0.2, 0.25) is 5.91 Å². The molecule has 166 valence electrons. The molecular weight excluding hydrogens is 470 g/mol. The van der Waals surface area contributed by atoms with E-state index in [0.717, 1.165) is 21.6 Å². The number of carbonyl (C=O) groups excluding carboxylic acids is 1. The highest BCUT2D eigenvalue weighted by molar-refractivity contribution is 7.99. The number of hydrogen-bond donors (Lipinski definition) is 1. The van der Waals surface area contributed by atoms with Gasteiger partial charge in [-0.05, 0) is 31.5 Å². The highest BCUT2D eigenvalue weighted by atomic mass is 32.2. The molecule has 1 N–H and O–H groups in total. The highest BCUT2D eigenvalue weighted by Crippen LogP contribution is 2.39. The Hall–Kier alpha value is -3.01. The summed E-state index contributed by atoms with van der Waals surface area (Å²) in [5.41, 5.74) is 5.53. The summed E-state index contributed by atoms with van der Waals surface area (Å²) >= 11 is 4.54. The van der Waals surface area contributed by atoms with Gasteiger partial charge in [-0.3, -0.25) is 4.79 Å². The average molecular weight is 492 g/mol. The van der Waals surface area contributed by atoms with E-state index in [2.05, 4.69) is 64.0 Å². The number of aryl methyl sites for hydroxylation is 2. The molecule has 33 heavy (non-hydrogen) atoms. The standard InChI is InChI=1S/C24H21N5OS3/c1-14-8-10-16(11-9-14)21-15(2)31-12-17(21)22-27-28-24(29(22)3)32-13-20(30)26-23-25-18-6-4-5-7-19(18)33-23/h4-12H,13H2,1-3H3,(H,25,26,30). The monoisotopic (exact) mass is 491 g/mol. The zero-order chi connectivity index (χ0) is 22.9. The number of amides is 1. The quantitative estimate of drug-likeness (QED) is 0.288. The van der Waals surface area contributed by atoms with E-state index < -0.39 is 0 Å². The second-order valence-electron chi connectivity index (χ2n) is 7.64. The predicted octanol–water partition coefficient (Wildman–Crippen LogP) is 6.17. The van der Waals surface area contributed by atoms with Gasteiger partial charge in [-0.15, -0.1) is 21.5 Å². The first-order chi connectivity index (χ1) is 16.0. The van der Waals surface area contributed by atoms with E-state index in [4.69, 9.17) is 0 Å². The molecule has 2 aromatic carbocycles. The van der Waals surface area contributed by atoms with E-state index in [-0.39, 0.29) is 11.7 Å². The largest absolute Gasteiger partial charge is 0.305 e. The van der Waals surface area contributed by atoms with E-state index in [1.54, 1.807) is 11.3 Å². The van der Waals surface area contributed by atoms with Crippen LogP contribution in [0, 0.1) is 13.8 Å². The fourth-order valence-electron chi connectivity index (χ4n) is 3.58. The molecular formula is C24H21N5OS3. The van der Waals surface area contributed by atoms with Crippen LogP contribution in [0.4, 0.5) is 5.13 Å². The average Bonchev–Trinajstić information content (AvgIpc) is 3.49. The highest BCUT2D eigenvalue weighted by Gasteiger charge is 2.19. The third-order valence-electron chi connectivity index (χ3n) is 5.26. The number of aromatic nitrogens is 4. The normalized spacial score (nSPS) is 11.2. The molecule has 0 fully saturated rings. The van der Waals surface area contributed by atoms with Gasteiger partial charge < -0.3 is 9.88 Å². The van der Waals surface area contributed by atoms with Crippen LogP contribution in [0.15, 0.2) is 59.1 Å². The van der Waals surface area contributed by atoms with E-state index in [1.165, 1.54) is 44.7 Å². The molecule has 0 spiro atoms. The van der Waals surface area contributed by atoms with Crippen molar-refractivity contribution < 1.29 is 4.79 Å². The van der Waals surface area contributed by atoms with Gasteiger partial charge in [-0.25, -0.2) is 4.98 Å². The van der Waals surface area contributed by atoms with E-state index >= 15 is 0 Å². The number of rotatable bonds is 6. The van der Waals surface area contributed by atoms with Crippen LogP contribution in [0.25, 0.3) is 32.7 Å². The Bertz CT molecular complexity index is 1420. The van der Waals surface area contributed by atoms with Crippen molar-refractivity contribution in [1.82, 2.24) is 19.7 Å². The van der Waals surface area contributed by atoms with Crippen molar-refractivity contribution in [1.29, 1.82) is 0 Å². The van der Waals surface area contributed by atoms with Gasteiger partial charge in [0, 0.05) is 28.4 Å². The van der Waals surface area contributed by atoms with Crippen LogP contribution in [-0.2, 0) is 11.8 Å². The zero-order valence-corrected chi connectivity index (χ0v) is 20.8. The van der Waals surface area contributed by atoms with Crippen LogP contribution in [0.3, 0.4) is 0 Å². The molecule has 5 aromatic rings. The minimum absolute atomic E-state index is 0.115. The number of fused-ring (bicyclic) bond motifs is 1. The molecule has 5 rings (SSSR count). The Morgan fingerprint density at radius 1 is 1.09 bits per heavy atom. The summed E-state index contributed by atoms with van der Waals surface area (Å²) in [5.74, 6) is 0.911. The number of thiophene rings is 1. The van der Waals surface area contributed by atoms with Crippen LogP contribution in [0.2, 0.25) is 0 Å². The van der Waals surface area contributed by atoms with Crippen LogP contribution in [-0.4, -0.2) is 31.4 Å². The summed E-state index contributed by atoms with van der Waals surface area (Å²) < 4.78 is 3.00. The second-order valence-corrected chi connectivity index (χ2v) is 10.7. The number of nitrogens with zero attached hydrogens (tertiary/aromatic N) is 4. The summed E-state index contributed by atoms with van der Waals surface area (Å²) in [6, 6.07) is 16.4. The van der Waals surface area contributed by atoms with Crippen LogP contribution in [0.5, 0.6) is 0 Å². The summed E-state index contributed by atoms with van der Waals surface area (Å²) in [5, 5.41) is 15.1. The maximum Gasteiger partial charge on any atom is 0.236 e. The third kappa shape index (κ3) is 4.44. The van der Waals surface area contributed by atoms with Gasteiger partial charge in [0.05, 0.1) is 16.0 Å². The molecule has 0 aliphatic heterocycles. The van der Waals surface area contributed by atoms with Crippen molar-refractivity contribution in [2.45, 2.75) is 19.0 Å².